The van der Waals surface area contributed by atoms with Crippen molar-refractivity contribution in [3.63, 3.8) is 0 Å². The Morgan fingerprint density at radius 3 is 1.67 bits per heavy atom. The van der Waals surface area contributed by atoms with Gasteiger partial charge in [0.1, 0.15) is 32.5 Å². The molecule has 0 aliphatic rings. The largest absolute Gasteiger partial charge is 0.756 e. The number of ether oxygens (including phenoxy) is 2. The minimum atomic E-state index is -4.73. The maximum Gasteiger partial charge on any atom is 0.305 e. The van der Waals surface area contributed by atoms with Crippen molar-refractivity contribution < 1.29 is 42.1 Å². The molecule has 4 aromatic carbocycles. The van der Waals surface area contributed by atoms with E-state index >= 15 is 0 Å². The van der Waals surface area contributed by atoms with Crippen molar-refractivity contribution in [2.75, 3.05) is 52.8 Å². The number of alkyl halides is 1. The smallest absolute Gasteiger partial charge is 0.305 e. The molecule has 0 N–H and O–H groups in total. The Bertz CT molecular complexity index is 1810. The van der Waals surface area contributed by atoms with Gasteiger partial charge in [-0.3, -0.25) is 14.2 Å². The lowest BCUT2D eigenvalue weighted by molar-refractivity contribution is -0.870. The molecule has 0 spiro atoms. The zero-order valence-corrected chi connectivity index (χ0v) is 37.3. The summed E-state index contributed by atoms with van der Waals surface area (Å²) in [6.45, 7) is -0.306. The predicted molar refractivity (Wildman–Crippen MR) is 234 cm³/mol. The van der Waals surface area contributed by atoms with Crippen molar-refractivity contribution in [1.29, 1.82) is 0 Å². The van der Waals surface area contributed by atoms with Crippen LogP contribution >= 0.6 is 23.8 Å². The summed E-state index contributed by atoms with van der Waals surface area (Å²) in [5.41, 5.74) is 1.42. The summed E-state index contributed by atoms with van der Waals surface area (Å²) in [5, 5.41) is 9.07. The summed E-state index contributed by atoms with van der Waals surface area (Å²) in [5.74, 6) is -0.859. The highest BCUT2D eigenvalue weighted by atomic mass is 79.9. The number of phosphoric ester groups is 1. The Labute approximate surface area is 349 Å². The Hall–Kier alpha value is -2.59. The van der Waals surface area contributed by atoms with Crippen molar-refractivity contribution in [3.8, 4) is 0 Å². The molecular weight excluding hydrogens is 805 g/mol. The summed E-state index contributed by atoms with van der Waals surface area (Å²) in [4.78, 5) is 37.7. The van der Waals surface area contributed by atoms with Gasteiger partial charge in [0.15, 0.2) is 0 Å². The van der Waals surface area contributed by atoms with E-state index in [1.54, 1.807) is 0 Å². The van der Waals surface area contributed by atoms with Crippen molar-refractivity contribution in [1.82, 2.24) is 0 Å². The average Bonchev–Trinajstić information content (AvgIpc) is 3.17. The summed E-state index contributed by atoms with van der Waals surface area (Å²) >= 11 is 3.47. The lowest BCUT2D eigenvalue weighted by Gasteiger charge is -2.29. The highest BCUT2D eigenvalue weighted by Crippen LogP contribution is 2.40. The molecule has 0 amide bonds. The maximum absolute atomic E-state index is 12.6. The van der Waals surface area contributed by atoms with Crippen molar-refractivity contribution >= 4 is 68.0 Å². The SMILES string of the molecule is C[N+](C)(C)CCOP(=O)([O-])O[C@@H](COC(=O)CCCCCCCCCCCBr)COC(=O)CCCCCCCCCc1ccc2ccc3cccc4ccc1c2c34. The number of hydrogen-bond acceptors (Lipinski definition) is 8. The molecule has 0 aliphatic carbocycles. The molecule has 1 unspecified atom stereocenters. The van der Waals surface area contributed by atoms with Crippen LogP contribution in [0.4, 0.5) is 0 Å². The highest BCUT2D eigenvalue weighted by molar-refractivity contribution is 9.09. The molecule has 57 heavy (non-hydrogen) atoms. The lowest BCUT2D eigenvalue weighted by Crippen LogP contribution is -2.38. The zero-order valence-electron chi connectivity index (χ0n) is 34.8. The third-order valence-electron chi connectivity index (χ3n) is 10.6. The van der Waals surface area contributed by atoms with E-state index in [4.69, 9.17) is 18.5 Å². The van der Waals surface area contributed by atoms with Gasteiger partial charge in [-0.2, -0.15) is 0 Å². The molecule has 0 radical (unpaired) electrons. The van der Waals surface area contributed by atoms with Gasteiger partial charge in [0.25, 0.3) is 7.82 Å². The van der Waals surface area contributed by atoms with E-state index in [0.29, 0.717) is 23.9 Å². The van der Waals surface area contributed by atoms with Gasteiger partial charge in [0, 0.05) is 18.2 Å². The Morgan fingerprint density at radius 1 is 0.649 bits per heavy atom. The number of halogens is 1. The van der Waals surface area contributed by atoms with Crippen LogP contribution in [0.15, 0.2) is 54.6 Å². The van der Waals surface area contributed by atoms with Gasteiger partial charge in [0.2, 0.25) is 0 Å². The number of hydrogen-bond donors (Lipinski definition) is 0. The number of unbranched alkanes of at least 4 members (excludes halogenated alkanes) is 14. The molecule has 0 saturated carbocycles. The molecule has 0 heterocycles. The van der Waals surface area contributed by atoms with Crippen LogP contribution in [0.25, 0.3) is 32.3 Å². The minimum absolute atomic E-state index is 0.0608. The van der Waals surface area contributed by atoms with Gasteiger partial charge < -0.3 is 27.9 Å². The minimum Gasteiger partial charge on any atom is -0.756 e. The molecule has 11 heteroatoms. The Morgan fingerprint density at radius 2 is 1.12 bits per heavy atom. The van der Waals surface area contributed by atoms with E-state index < -0.39 is 25.9 Å². The normalized spacial score (nSPS) is 13.7. The highest BCUT2D eigenvalue weighted by Gasteiger charge is 2.23. The van der Waals surface area contributed by atoms with Crippen molar-refractivity contribution in [2.24, 2.45) is 0 Å². The number of phosphoric acid groups is 1. The third kappa shape index (κ3) is 17.7. The van der Waals surface area contributed by atoms with Crippen LogP contribution in [0.2, 0.25) is 0 Å². The molecule has 0 bridgehead atoms. The standard InChI is InChI=1S/C46H67BrNO8P/c1-48(2,3)33-34-55-57(51,52)56-41(35-53-43(49)24-17-13-9-5-4-6-11-15-19-32-47)36-54-44(50)25-18-14-10-7-8-12-16-21-37-26-27-40-29-28-38-22-20-23-39-30-31-42(37)46(40)45(38)39/h20,22-23,26-31,41H,4-19,21,24-25,32-36H2,1-3H3/t41-/m0/s1. The molecule has 0 aromatic heterocycles. The van der Waals surface area contributed by atoms with Crippen LogP contribution in [-0.2, 0) is 39.1 Å². The van der Waals surface area contributed by atoms with Gasteiger partial charge in [-0.1, -0.05) is 148 Å². The van der Waals surface area contributed by atoms with E-state index in [-0.39, 0.29) is 32.7 Å². The number of likely N-dealkylation sites (N-methyl/N-ethyl adjacent to an activating group) is 1. The number of carbonyl (C=O) groups excluding carboxylic acids is 2. The van der Waals surface area contributed by atoms with Crippen molar-refractivity contribution in [3.05, 3.63) is 60.2 Å². The fourth-order valence-electron chi connectivity index (χ4n) is 7.35. The molecule has 4 rings (SSSR count). The van der Waals surface area contributed by atoms with Gasteiger partial charge in [-0.15, -0.1) is 0 Å². The van der Waals surface area contributed by atoms with Gasteiger partial charge in [0.05, 0.1) is 21.1 Å². The van der Waals surface area contributed by atoms with E-state index in [1.165, 1.54) is 70.0 Å². The molecule has 4 aromatic rings. The predicted octanol–water partition coefficient (Wildman–Crippen LogP) is 11.2. The van der Waals surface area contributed by atoms with Crippen molar-refractivity contribution in [2.45, 2.75) is 128 Å². The Kier molecular flexibility index (Phi) is 20.8. The number of nitrogens with zero attached hydrogens (tertiary/aromatic N) is 1. The number of benzene rings is 4. The second-order valence-electron chi connectivity index (χ2n) is 16.6. The average molecular weight is 873 g/mol. The molecule has 9 nitrogen and oxygen atoms in total. The number of quaternary nitrogens is 1. The van der Waals surface area contributed by atoms with E-state index in [2.05, 4.69) is 70.5 Å². The number of rotatable bonds is 31. The van der Waals surface area contributed by atoms with Crippen LogP contribution in [0, 0.1) is 0 Å². The first-order chi connectivity index (χ1) is 27.5. The van der Waals surface area contributed by atoms with Crippen LogP contribution in [-0.4, -0.2) is 75.4 Å². The molecule has 2 atom stereocenters. The quantitative estimate of drug-likeness (QED) is 0.0123. The number of carbonyl (C=O) groups is 2. The number of esters is 2. The second-order valence-corrected chi connectivity index (χ2v) is 18.7. The molecule has 316 valence electrons. The van der Waals surface area contributed by atoms with Gasteiger partial charge in [-0.25, -0.2) is 0 Å². The first kappa shape index (κ1) is 47.1. The number of aryl methyl sites for hydroxylation is 1. The fraction of sp³-hybridized carbons (Fsp3) is 0.609. The molecular formula is C46H67BrNO8P. The first-order valence-electron chi connectivity index (χ1n) is 21.4. The van der Waals surface area contributed by atoms with E-state index in [1.807, 2.05) is 21.1 Å². The second kappa shape index (κ2) is 25.1. The lowest BCUT2D eigenvalue weighted by atomic mass is 9.90. The Balaban J connectivity index is 1.10. The topological polar surface area (TPSA) is 111 Å². The van der Waals surface area contributed by atoms with Crippen LogP contribution in [0.5, 0.6) is 0 Å². The van der Waals surface area contributed by atoms with Crippen LogP contribution in [0.1, 0.15) is 121 Å². The molecule has 0 fully saturated rings. The van der Waals surface area contributed by atoms with Gasteiger partial charge in [-0.05, 0) is 70.0 Å². The summed E-state index contributed by atoms with van der Waals surface area (Å²) in [7, 11) is 1.04. The fourth-order valence-corrected chi connectivity index (χ4v) is 8.60. The zero-order chi connectivity index (χ0) is 40.9. The first-order valence-corrected chi connectivity index (χ1v) is 24.0. The molecule has 0 saturated heterocycles. The summed E-state index contributed by atoms with van der Waals surface area (Å²) in [6.07, 6.45) is 17.6. The summed E-state index contributed by atoms with van der Waals surface area (Å²) in [6, 6.07) is 20.1. The van der Waals surface area contributed by atoms with E-state index in [9.17, 15) is 19.0 Å². The summed E-state index contributed by atoms with van der Waals surface area (Å²) < 4.78 is 34.2. The van der Waals surface area contributed by atoms with E-state index in [0.717, 1.165) is 69.5 Å². The van der Waals surface area contributed by atoms with Crippen LogP contribution < -0.4 is 4.89 Å². The monoisotopic (exact) mass is 871 g/mol. The third-order valence-corrected chi connectivity index (χ3v) is 12.2. The van der Waals surface area contributed by atoms with Gasteiger partial charge >= 0.3 is 11.9 Å². The van der Waals surface area contributed by atoms with Crippen LogP contribution in [0.3, 0.4) is 0 Å². The molecule has 0 aliphatic heterocycles. The maximum atomic E-state index is 12.6.